The number of hydrogen-bond donors (Lipinski definition) is 1. The van der Waals surface area contributed by atoms with Crippen molar-refractivity contribution in [1.29, 1.82) is 0 Å². The molecular formula is C12H20O2. The summed E-state index contributed by atoms with van der Waals surface area (Å²) in [6, 6.07) is 0. The Hall–Kier alpha value is -0.600. The molecule has 2 nitrogen and oxygen atoms in total. The van der Waals surface area contributed by atoms with Gasteiger partial charge < -0.3 is 9.84 Å². The van der Waals surface area contributed by atoms with E-state index in [1.54, 1.807) is 0 Å². The molecule has 14 heavy (non-hydrogen) atoms. The van der Waals surface area contributed by atoms with Gasteiger partial charge in [0.1, 0.15) is 0 Å². The molecule has 1 aliphatic carbocycles. The zero-order valence-electron chi connectivity index (χ0n) is 8.91. The number of aliphatic hydroxyl groups is 1. The van der Waals surface area contributed by atoms with Gasteiger partial charge in [0.25, 0.3) is 0 Å². The molecule has 1 unspecified atom stereocenters. The summed E-state index contributed by atoms with van der Waals surface area (Å²) in [7, 11) is 0. The van der Waals surface area contributed by atoms with E-state index < -0.39 is 0 Å². The summed E-state index contributed by atoms with van der Waals surface area (Å²) in [4.78, 5) is 0. The SMILES string of the molecule is CC(O)CCCOCC1=CCCC=C1. The summed E-state index contributed by atoms with van der Waals surface area (Å²) in [6.07, 6.45) is 10.4. The van der Waals surface area contributed by atoms with Crippen LogP contribution < -0.4 is 0 Å². The van der Waals surface area contributed by atoms with Gasteiger partial charge in [0.15, 0.2) is 0 Å². The Morgan fingerprint density at radius 2 is 2.36 bits per heavy atom. The lowest BCUT2D eigenvalue weighted by molar-refractivity contribution is 0.127. The van der Waals surface area contributed by atoms with Crippen molar-refractivity contribution in [3.63, 3.8) is 0 Å². The third-order valence-corrected chi connectivity index (χ3v) is 2.25. The van der Waals surface area contributed by atoms with Gasteiger partial charge in [0.05, 0.1) is 12.7 Å². The Balaban J connectivity index is 1.98. The molecule has 1 aliphatic rings. The molecule has 0 radical (unpaired) electrons. The summed E-state index contributed by atoms with van der Waals surface area (Å²) in [5.41, 5.74) is 1.29. The summed E-state index contributed by atoms with van der Waals surface area (Å²) < 4.78 is 5.49. The maximum atomic E-state index is 9.02. The van der Waals surface area contributed by atoms with E-state index >= 15 is 0 Å². The third kappa shape index (κ3) is 5.20. The first-order valence-electron chi connectivity index (χ1n) is 5.40. The second-order valence-electron chi connectivity index (χ2n) is 3.80. The molecule has 80 valence electrons. The van der Waals surface area contributed by atoms with Crippen molar-refractivity contribution < 1.29 is 9.84 Å². The fraction of sp³-hybridized carbons (Fsp3) is 0.667. The number of aliphatic hydroxyl groups excluding tert-OH is 1. The number of allylic oxidation sites excluding steroid dienone is 2. The molecule has 0 spiro atoms. The lowest BCUT2D eigenvalue weighted by Crippen LogP contribution is -2.04. The maximum absolute atomic E-state index is 9.02. The van der Waals surface area contributed by atoms with Crippen molar-refractivity contribution in [1.82, 2.24) is 0 Å². The van der Waals surface area contributed by atoms with Crippen molar-refractivity contribution in [3.05, 3.63) is 23.8 Å². The van der Waals surface area contributed by atoms with Crippen LogP contribution in [0.25, 0.3) is 0 Å². The molecular weight excluding hydrogens is 176 g/mol. The van der Waals surface area contributed by atoms with Crippen molar-refractivity contribution in [2.24, 2.45) is 0 Å². The molecule has 0 aliphatic heterocycles. The Labute approximate surface area is 86.3 Å². The van der Waals surface area contributed by atoms with Crippen LogP contribution in [0.4, 0.5) is 0 Å². The van der Waals surface area contributed by atoms with Crippen molar-refractivity contribution in [2.45, 2.75) is 38.7 Å². The monoisotopic (exact) mass is 196 g/mol. The van der Waals surface area contributed by atoms with Gasteiger partial charge >= 0.3 is 0 Å². The van der Waals surface area contributed by atoms with Gasteiger partial charge in [0.2, 0.25) is 0 Å². The first kappa shape index (κ1) is 11.5. The second-order valence-corrected chi connectivity index (χ2v) is 3.80. The van der Waals surface area contributed by atoms with Crippen LogP contribution in [0.5, 0.6) is 0 Å². The van der Waals surface area contributed by atoms with E-state index in [1.807, 2.05) is 6.92 Å². The molecule has 1 atom stereocenters. The summed E-state index contributed by atoms with van der Waals surface area (Å²) >= 11 is 0. The number of ether oxygens (including phenoxy) is 1. The minimum absolute atomic E-state index is 0.201. The van der Waals surface area contributed by atoms with E-state index in [0.717, 1.165) is 38.9 Å². The molecule has 0 saturated heterocycles. The van der Waals surface area contributed by atoms with Gasteiger partial charge in [-0.25, -0.2) is 0 Å². The number of rotatable bonds is 6. The Morgan fingerprint density at radius 1 is 1.50 bits per heavy atom. The average molecular weight is 196 g/mol. The van der Waals surface area contributed by atoms with Crippen LogP contribution in [0.1, 0.15) is 32.6 Å². The predicted octanol–water partition coefficient (Wildman–Crippen LogP) is 2.44. The highest BCUT2D eigenvalue weighted by Crippen LogP contribution is 2.09. The number of hydrogen-bond acceptors (Lipinski definition) is 2. The molecule has 2 heteroatoms. The molecule has 0 amide bonds. The van der Waals surface area contributed by atoms with Gasteiger partial charge in [0, 0.05) is 6.61 Å². The van der Waals surface area contributed by atoms with Gasteiger partial charge in [-0.05, 0) is 38.2 Å². The van der Waals surface area contributed by atoms with Crippen molar-refractivity contribution in [2.75, 3.05) is 13.2 Å². The maximum Gasteiger partial charge on any atom is 0.0713 e. The third-order valence-electron chi connectivity index (χ3n) is 2.25. The Morgan fingerprint density at radius 3 is 3.00 bits per heavy atom. The quantitative estimate of drug-likeness (QED) is 0.661. The van der Waals surface area contributed by atoms with Crippen LogP contribution in [0.15, 0.2) is 23.8 Å². The van der Waals surface area contributed by atoms with Crippen LogP contribution >= 0.6 is 0 Å². The lowest BCUT2D eigenvalue weighted by atomic mass is 10.1. The van der Waals surface area contributed by atoms with E-state index in [9.17, 15) is 0 Å². The Kier molecular flexibility index (Phi) is 5.57. The zero-order chi connectivity index (χ0) is 10.2. The lowest BCUT2D eigenvalue weighted by Gasteiger charge is -2.08. The molecule has 0 aromatic rings. The normalized spacial score (nSPS) is 18.0. The summed E-state index contributed by atoms with van der Waals surface area (Å²) in [5, 5.41) is 9.02. The molecule has 0 heterocycles. The van der Waals surface area contributed by atoms with E-state index in [-0.39, 0.29) is 6.10 Å². The topological polar surface area (TPSA) is 29.5 Å². The standard InChI is InChI=1S/C12H20O2/c1-11(13)6-5-9-14-10-12-7-3-2-4-8-12/h3,7-8,11,13H,2,4-6,9-10H2,1H3. The van der Waals surface area contributed by atoms with E-state index in [2.05, 4.69) is 18.2 Å². The first-order valence-corrected chi connectivity index (χ1v) is 5.40. The first-order chi connectivity index (χ1) is 6.79. The van der Waals surface area contributed by atoms with Crippen LogP contribution in [0, 0.1) is 0 Å². The average Bonchev–Trinajstić information content (AvgIpc) is 2.18. The van der Waals surface area contributed by atoms with Gasteiger partial charge in [-0.3, -0.25) is 0 Å². The summed E-state index contributed by atoms with van der Waals surface area (Å²) in [6.45, 7) is 3.28. The molecule has 0 aromatic carbocycles. The van der Waals surface area contributed by atoms with Gasteiger partial charge in [-0.1, -0.05) is 18.2 Å². The van der Waals surface area contributed by atoms with Crippen LogP contribution in [-0.4, -0.2) is 24.4 Å². The van der Waals surface area contributed by atoms with Gasteiger partial charge in [-0.2, -0.15) is 0 Å². The van der Waals surface area contributed by atoms with Crippen LogP contribution in [0.2, 0.25) is 0 Å². The molecule has 0 saturated carbocycles. The fourth-order valence-electron chi connectivity index (χ4n) is 1.45. The fourth-order valence-corrected chi connectivity index (χ4v) is 1.45. The van der Waals surface area contributed by atoms with Crippen molar-refractivity contribution >= 4 is 0 Å². The van der Waals surface area contributed by atoms with E-state index in [4.69, 9.17) is 9.84 Å². The minimum atomic E-state index is -0.201. The zero-order valence-corrected chi connectivity index (χ0v) is 8.91. The Bertz CT molecular complexity index is 204. The molecule has 0 bridgehead atoms. The van der Waals surface area contributed by atoms with Gasteiger partial charge in [-0.15, -0.1) is 0 Å². The molecule has 0 fully saturated rings. The second kappa shape index (κ2) is 6.80. The molecule has 0 aromatic heterocycles. The highest BCUT2D eigenvalue weighted by molar-refractivity contribution is 5.22. The largest absolute Gasteiger partial charge is 0.393 e. The molecule has 1 N–H and O–H groups in total. The van der Waals surface area contributed by atoms with Crippen LogP contribution in [0.3, 0.4) is 0 Å². The predicted molar refractivity (Wildman–Crippen MR) is 58.2 cm³/mol. The van der Waals surface area contributed by atoms with E-state index in [0.29, 0.717) is 0 Å². The highest BCUT2D eigenvalue weighted by Gasteiger charge is 1.98. The smallest absolute Gasteiger partial charge is 0.0713 e. The highest BCUT2D eigenvalue weighted by atomic mass is 16.5. The van der Waals surface area contributed by atoms with Crippen molar-refractivity contribution in [3.8, 4) is 0 Å². The minimum Gasteiger partial charge on any atom is -0.393 e. The van der Waals surface area contributed by atoms with E-state index in [1.165, 1.54) is 5.57 Å². The summed E-state index contributed by atoms with van der Waals surface area (Å²) in [5.74, 6) is 0. The molecule has 1 rings (SSSR count). The van der Waals surface area contributed by atoms with Crippen LogP contribution in [-0.2, 0) is 4.74 Å².